The van der Waals surface area contributed by atoms with E-state index in [1.807, 2.05) is 25.1 Å². The van der Waals surface area contributed by atoms with Crippen LogP contribution in [-0.4, -0.2) is 10.9 Å². The topological polar surface area (TPSA) is 55.1 Å². The lowest BCUT2D eigenvalue weighted by atomic mass is 10.2. The number of halogens is 2. The molecule has 4 nitrogen and oxygen atoms in total. The van der Waals surface area contributed by atoms with Crippen molar-refractivity contribution in [3.63, 3.8) is 0 Å². The van der Waals surface area contributed by atoms with Crippen LogP contribution in [0.2, 0.25) is 10.0 Å². The Hall–Kier alpha value is -2.34. The van der Waals surface area contributed by atoms with E-state index in [-0.39, 0.29) is 11.7 Å². The van der Waals surface area contributed by atoms with E-state index >= 15 is 0 Å². The highest BCUT2D eigenvalue weighted by molar-refractivity contribution is 7.22. The number of fused-ring (bicyclic) bond motifs is 1. The zero-order valence-corrected chi connectivity index (χ0v) is 15.9. The normalized spacial score (nSPS) is 11.0. The molecule has 130 valence electrons. The lowest BCUT2D eigenvalue weighted by Crippen LogP contribution is -2.10. The van der Waals surface area contributed by atoms with Crippen molar-refractivity contribution in [1.82, 2.24) is 4.98 Å². The van der Waals surface area contributed by atoms with E-state index in [1.54, 1.807) is 30.3 Å². The van der Waals surface area contributed by atoms with Crippen LogP contribution in [0.1, 0.15) is 16.1 Å². The van der Waals surface area contributed by atoms with Crippen molar-refractivity contribution in [2.45, 2.75) is 6.92 Å². The van der Waals surface area contributed by atoms with Gasteiger partial charge in [0, 0.05) is 10.6 Å². The average molecular weight is 403 g/mol. The van der Waals surface area contributed by atoms with E-state index in [4.69, 9.17) is 27.6 Å². The van der Waals surface area contributed by atoms with Crippen LogP contribution in [0.4, 0.5) is 5.13 Å². The molecule has 0 unspecified atom stereocenters. The van der Waals surface area contributed by atoms with Gasteiger partial charge in [0.05, 0.1) is 15.2 Å². The van der Waals surface area contributed by atoms with E-state index in [0.717, 1.165) is 15.8 Å². The van der Waals surface area contributed by atoms with Crippen LogP contribution in [-0.2, 0) is 0 Å². The summed E-state index contributed by atoms with van der Waals surface area (Å²) in [6, 6.07) is 14.4. The Bertz CT molecular complexity index is 1130. The third kappa shape index (κ3) is 3.33. The Morgan fingerprint density at radius 2 is 1.96 bits per heavy atom. The van der Waals surface area contributed by atoms with Gasteiger partial charge in [-0.1, -0.05) is 40.6 Å². The van der Waals surface area contributed by atoms with E-state index in [0.29, 0.717) is 26.5 Å². The highest BCUT2D eigenvalue weighted by Crippen LogP contribution is 2.32. The number of furan rings is 1. The van der Waals surface area contributed by atoms with Crippen molar-refractivity contribution >= 4 is 55.8 Å². The van der Waals surface area contributed by atoms with E-state index in [1.165, 1.54) is 11.3 Å². The summed E-state index contributed by atoms with van der Waals surface area (Å²) in [7, 11) is 0. The number of amides is 1. The molecule has 2 aromatic heterocycles. The molecule has 2 aromatic carbocycles. The van der Waals surface area contributed by atoms with Crippen LogP contribution in [0.3, 0.4) is 0 Å². The van der Waals surface area contributed by atoms with E-state index < -0.39 is 0 Å². The van der Waals surface area contributed by atoms with Gasteiger partial charge >= 0.3 is 0 Å². The van der Waals surface area contributed by atoms with Crippen molar-refractivity contribution in [1.29, 1.82) is 0 Å². The first kappa shape index (κ1) is 17.1. The molecular formula is C19H12Cl2N2O2S. The maximum Gasteiger partial charge on any atom is 0.293 e. The third-order valence-electron chi connectivity index (χ3n) is 3.79. The number of aryl methyl sites for hydroxylation is 1. The zero-order chi connectivity index (χ0) is 18.3. The quantitative estimate of drug-likeness (QED) is 0.429. The average Bonchev–Trinajstić information content (AvgIpc) is 3.21. The zero-order valence-electron chi connectivity index (χ0n) is 13.5. The molecule has 0 aliphatic carbocycles. The molecule has 0 radical (unpaired) electrons. The molecule has 1 amide bonds. The SMILES string of the molecule is Cc1ccc2nc(NC(=O)c3ccc(-c4ccc(Cl)cc4Cl)o3)sc2c1. The number of carbonyl (C=O) groups excluding carboxylic acids is 1. The number of benzene rings is 2. The van der Waals surface area contributed by atoms with Crippen LogP contribution in [0.15, 0.2) is 52.9 Å². The summed E-state index contributed by atoms with van der Waals surface area (Å²) >= 11 is 13.5. The summed E-state index contributed by atoms with van der Waals surface area (Å²) in [5, 5.41) is 4.30. The molecule has 0 fully saturated rings. The summed E-state index contributed by atoms with van der Waals surface area (Å²) in [5.41, 5.74) is 2.67. The minimum Gasteiger partial charge on any atom is -0.451 e. The van der Waals surface area contributed by atoms with Gasteiger partial charge in [-0.25, -0.2) is 4.98 Å². The van der Waals surface area contributed by atoms with Crippen molar-refractivity contribution < 1.29 is 9.21 Å². The lowest BCUT2D eigenvalue weighted by molar-refractivity contribution is 0.0997. The predicted octanol–water partition coefficient (Wildman–Crippen LogP) is 6.42. The molecule has 0 bridgehead atoms. The number of aromatic nitrogens is 1. The fourth-order valence-electron chi connectivity index (χ4n) is 2.54. The minimum atomic E-state index is -0.364. The fraction of sp³-hybridized carbons (Fsp3) is 0.0526. The van der Waals surface area contributed by atoms with E-state index in [2.05, 4.69) is 10.3 Å². The van der Waals surface area contributed by atoms with Gasteiger partial charge in [0.25, 0.3) is 5.91 Å². The maximum absolute atomic E-state index is 12.4. The lowest BCUT2D eigenvalue weighted by Gasteiger charge is -2.01. The van der Waals surface area contributed by atoms with Crippen LogP contribution in [0.5, 0.6) is 0 Å². The number of nitrogens with zero attached hydrogens (tertiary/aromatic N) is 1. The molecule has 0 atom stereocenters. The largest absolute Gasteiger partial charge is 0.451 e. The van der Waals surface area contributed by atoms with Crippen molar-refractivity contribution in [3.8, 4) is 11.3 Å². The number of thiazole rings is 1. The second kappa shape index (κ2) is 6.76. The first-order valence-corrected chi connectivity index (χ1v) is 9.30. The van der Waals surface area contributed by atoms with Crippen LogP contribution >= 0.6 is 34.5 Å². The highest BCUT2D eigenvalue weighted by Gasteiger charge is 2.16. The van der Waals surface area contributed by atoms with Gasteiger partial charge in [0.2, 0.25) is 0 Å². The number of hydrogen-bond donors (Lipinski definition) is 1. The van der Waals surface area contributed by atoms with Gasteiger partial charge < -0.3 is 4.42 Å². The fourth-order valence-corrected chi connectivity index (χ4v) is 4.00. The molecule has 0 aliphatic rings. The number of rotatable bonds is 3. The number of carbonyl (C=O) groups is 1. The van der Waals surface area contributed by atoms with Gasteiger partial charge in [-0.3, -0.25) is 10.1 Å². The predicted molar refractivity (Wildman–Crippen MR) is 106 cm³/mol. The molecule has 1 N–H and O–H groups in total. The molecule has 0 saturated carbocycles. The Labute approximate surface area is 163 Å². The van der Waals surface area contributed by atoms with Crippen LogP contribution in [0, 0.1) is 6.92 Å². The Morgan fingerprint density at radius 3 is 2.77 bits per heavy atom. The molecule has 2 heterocycles. The second-order valence-corrected chi connectivity index (χ2v) is 7.61. The molecule has 0 aliphatic heterocycles. The monoisotopic (exact) mass is 402 g/mol. The summed E-state index contributed by atoms with van der Waals surface area (Å²) in [4.78, 5) is 16.9. The molecule has 26 heavy (non-hydrogen) atoms. The standard InChI is InChI=1S/C19H12Cl2N2O2S/c1-10-2-5-14-17(8-10)26-19(22-14)23-18(24)16-7-6-15(25-16)12-4-3-11(20)9-13(12)21/h2-9H,1H3,(H,22,23,24). The van der Waals surface area contributed by atoms with Crippen LogP contribution in [0.25, 0.3) is 21.5 Å². The van der Waals surface area contributed by atoms with Gasteiger partial charge in [0.15, 0.2) is 10.9 Å². The molecule has 4 rings (SSSR count). The number of nitrogens with one attached hydrogen (secondary N) is 1. The molecular weight excluding hydrogens is 391 g/mol. The minimum absolute atomic E-state index is 0.182. The number of anilines is 1. The summed E-state index contributed by atoms with van der Waals surface area (Å²) in [5.74, 6) is 0.315. The Balaban J connectivity index is 1.57. The number of hydrogen-bond acceptors (Lipinski definition) is 4. The second-order valence-electron chi connectivity index (χ2n) is 5.73. The molecule has 7 heteroatoms. The van der Waals surface area contributed by atoms with Gasteiger partial charge in [-0.05, 0) is 55.0 Å². The third-order valence-corrected chi connectivity index (χ3v) is 5.27. The first-order valence-electron chi connectivity index (χ1n) is 7.73. The maximum atomic E-state index is 12.4. The first-order chi connectivity index (χ1) is 12.5. The highest BCUT2D eigenvalue weighted by atomic mass is 35.5. The van der Waals surface area contributed by atoms with Crippen LogP contribution < -0.4 is 5.32 Å². The van der Waals surface area contributed by atoms with Gasteiger partial charge in [-0.15, -0.1) is 0 Å². The molecule has 0 saturated heterocycles. The van der Waals surface area contributed by atoms with Crippen molar-refractivity contribution in [2.24, 2.45) is 0 Å². The van der Waals surface area contributed by atoms with Gasteiger partial charge in [-0.2, -0.15) is 0 Å². The van der Waals surface area contributed by atoms with Gasteiger partial charge in [0.1, 0.15) is 5.76 Å². The smallest absolute Gasteiger partial charge is 0.293 e. The summed E-state index contributed by atoms with van der Waals surface area (Å²) in [6.45, 7) is 2.02. The van der Waals surface area contributed by atoms with Crippen molar-refractivity contribution in [2.75, 3.05) is 5.32 Å². The molecule has 4 aromatic rings. The van der Waals surface area contributed by atoms with Crippen molar-refractivity contribution in [3.05, 3.63) is 69.9 Å². The molecule has 0 spiro atoms. The Morgan fingerprint density at radius 1 is 1.12 bits per heavy atom. The summed E-state index contributed by atoms with van der Waals surface area (Å²) in [6.07, 6.45) is 0. The Kier molecular flexibility index (Phi) is 4.44. The van der Waals surface area contributed by atoms with E-state index in [9.17, 15) is 4.79 Å². The summed E-state index contributed by atoms with van der Waals surface area (Å²) < 4.78 is 6.68.